The van der Waals surface area contributed by atoms with Crippen LogP contribution < -0.4 is 10.6 Å². The number of hydrogen-bond acceptors (Lipinski definition) is 3. The first-order valence-corrected chi connectivity index (χ1v) is 7.60. The van der Waals surface area contributed by atoms with Gasteiger partial charge in [0, 0.05) is 19.0 Å². The van der Waals surface area contributed by atoms with Gasteiger partial charge in [0.25, 0.3) is 5.91 Å². The second-order valence-electron chi connectivity index (χ2n) is 5.78. The molecule has 21 heavy (non-hydrogen) atoms. The Bertz CT molecular complexity index is 427. The molecule has 0 aliphatic rings. The Hall–Kier alpha value is -1.78. The van der Waals surface area contributed by atoms with E-state index in [4.69, 9.17) is 4.42 Å². The van der Waals surface area contributed by atoms with Crippen LogP contribution in [0.25, 0.3) is 0 Å². The van der Waals surface area contributed by atoms with E-state index >= 15 is 0 Å². The highest BCUT2D eigenvalue weighted by Gasteiger charge is 2.10. The number of hydrogen-bond donors (Lipinski definition) is 2. The summed E-state index contributed by atoms with van der Waals surface area (Å²) < 4.78 is 4.97. The number of nitrogens with one attached hydrogen (secondary N) is 2. The van der Waals surface area contributed by atoms with Crippen molar-refractivity contribution in [1.82, 2.24) is 10.6 Å². The average Bonchev–Trinajstić information content (AvgIpc) is 2.91. The SMILES string of the molecule is CC(C)CCCC(C)NC(=O)CCNC(=O)c1ccco1. The van der Waals surface area contributed by atoms with E-state index < -0.39 is 0 Å². The molecule has 2 amide bonds. The molecular formula is C16H26N2O3. The first-order chi connectivity index (χ1) is 9.99. The molecule has 5 nitrogen and oxygen atoms in total. The molecular weight excluding hydrogens is 268 g/mol. The lowest BCUT2D eigenvalue weighted by molar-refractivity contribution is -0.121. The van der Waals surface area contributed by atoms with Crippen LogP contribution in [0.1, 0.15) is 57.0 Å². The summed E-state index contributed by atoms with van der Waals surface area (Å²) in [5.74, 6) is 0.631. The third-order valence-electron chi connectivity index (χ3n) is 3.21. The Labute approximate surface area is 126 Å². The van der Waals surface area contributed by atoms with Gasteiger partial charge >= 0.3 is 0 Å². The average molecular weight is 294 g/mol. The molecule has 1 heterocycles. The summed E-state index contributed by atoms with van der Waals surface area (Å²) in [4.78, 5) is 23.3. The number of carbonyl (C=O) groups excluding carboxylic acids is 2. The molecule has 2 N–H and O–H groups in total. The molecule has 0 radical (unpaired) electrons. The van der Waals surface area contributed by atoms with Gasteiger partial charge in [-0.15, -0.1) is 0 Å². The second-order valence-corrected chi connectivity index (χ2v) is 5.78. The van der Waals surface area contributed by atoms with Crippen LogP contribution in [0.2, 0.25) is 0 Å². The molecule has 1 atom stereocenters. The minimum atomic E-state index is -0.294. The quantitative estimate of drug-likeness (QED) is 0.735. The van der Waals surface area contributed by atoms with E-state index in [1.54, 1.807) is 12.1 Å². The molecule has 0 saturated carbocycles. The van der Waals surface area contributed by atoms with E-state index in [1.807, 2.05) is 6.92 Å². The predicted molar refractivity (Wildman–Crippen MR) is 82.0 cm³/mol. The number of amides is 2. The molecule has 0 bridgehead atoms. The van der Waals surface area contributed by atoms with E-state index in [2.05, 4.69) is 24.5 Å². The van der Waals surface area contributed by atoms with Gasteiger partial charge in [-0.2, -0.15) is 0 Å². The van der Waals surface area contributed by atoms with Crippen LogP contribution in [0.3, 0.4) is 0 Å². The molecule has 1 rings (SSSR count). The van der Waals surface area contributed by atoms with Crippen molar-refractivity contribution in [2.45, 2.75) is 52.5 Å². The van der Waals surface area contributed by atoms with Gasteiger partial charge < -0.3 is 15.1 Å². The maximum atomic E-state index is 11.7. The summed E-state index contributed by atoms with van der Waals surface area (Å²) in [6.45, 7) is 6.72. The zero-order chi connectivity index (χ0) is 15.7. The van der Waals surface area contributed by atoms with Crippen LogP contribution in [0, 0.1) is 5.92 Å². The van der Waals surface area contributed by atoms with Crippen molar-refractivity contribution in [3.63, 3.8) is 0 Å². The first-order valence-electron chi connectivity index (χ1n) is 7.60. The minimum Gasteiger partial charge on any atom is -0.459 e. The van der Waals surface area contributed by atoms with Crippen LogP contribution in [0.5, 0.6) is 0 Å². The predicted octanol–water partition coefficient (Wildman–Crippen LogP) is 2.73. The molecule has 1 aromatic heterocycles. The van der Waals surface area contributed by atoms with E-state index in [9.17, 15) is 9.59 Å². The Balaban J connectivity index is 2.12. The molecule has 118 valence electrons. The molecule has 0 fully saturated rings. The summed E-state index contributed by atoms with van der Waals surface area (Å²) in [5, 5.41) is 5.60. The Kier molecular flexibility index (Phi) is 7.58. The summed E-state index contributed by atoms with van der Waals surface area (Å²) >= 11 is 0. The van der Waals surface area contributed by atoms with Crippen LogP contribution in [-0.2, 0) is 4.79 Å². The van der Waals surface area contributed by atoms with Gasteiger partial charge in [-0.1, -0.05) is 26.7 Å². The van der Waals surface area contributed by atoms with Crippen LogP contribution in [0.15, 0.2) is 22.8 Å². The molecule has 0 aliphatic carbocycles. The van der Waals surface area contributed by atoms with Gasteiger partial charge in [0.05, 0.1) is 6.26 Å². The number of rotatable bonds is 9. The van der Waals surface area contributed by atoms with E-state index in [1.165, 1.54) is 12.7 Å². The molecule has 5 heteroatoms. The molecule has 0 aliphatic heterocycles. The normalized spacial score (nSPS) is 12.2. The standard InChI is InChI=1S/C16H26N2O3/c1-12(2)6-4-7-13(3)18-15(19)9-10-17-16(20)14-8-5-11-21-14/h5,8,11-13H,4,6-7,9-10H2,1-3H3,(H,17,20)(H,18,19). The first kappa shape index (κ1) is 17.3. The smallest absolute Gasteiger partial charge is 0.286 e. The summed E-state index contributed by atoms with van der Waals surface area (Å²) in [6.07, 6.45) is 5.01. The second kappa shape index (κ2) is 9.21. The fourth-order valence-corrected chi connectivity index (χ4v) is 2.04. The molecule has 1 aromatic rings. The molecule has 0 spiro atoms. The van der Waals surface area contributed by atoms with Crippen molar-refractivity contribution < 1.29 is 14.0 Å². The lowest BCUT2D eigenvalue weighted by Crippen LogP contribution is -2.35. The van der Waals surface area contributed by atoms with Crippen molar-refractivity contribution in [3.05, 3.63) is 24.2 Å². The monoisotopic (exact) mass is 294 g/mol. The maximum absolute atomic E-state index is 11.7. The van der Waals surface area contributed by atoms with Crippen molar-refractivity contribution in [1.29, 1.82) is 0 Å². The zero-order valence-corrected chi connectivity index (χ0v) is 13.1. The zero-order valence-electron chi connectivity index (χ0n) is 13.1. The Morgan fingerprint density at radius 1 is 1.24 bits per heavy atom. The van der Waals surface area contributed by atoms with Gasteiger partial charge in [-0.25, -0.2) is 0 Å². The summed E-state index contributed by atoms with van der Waals surface area (Å²) in [5.41, 5.74) is 0. The fourth-order valence-electron chi connectivity index (χ4n) is 2.04. The Morgan fingerprint density at radius 3 is 2.62 bits per heavy atom. The van der Waals surface area contributed by atoms with E-state index in [0.717, 1.165) is 12.8 Å². The van der Waals surface area contributed by atoms with Gasteiger partial charge in [0.15, 0.2) is 5.76 Å². The van der Waals surface area contributed by atoms with Gasteiger partial charge in [-0.05, 0) is 31.4 Å². The van der Waals surface area contributed by atoms with Crippen molar-refractivity contribution >= 4 is 11.8 Å². The third kappa shape index (κ3) is 7.54. The van der Waals surface area contributed by atoms with Gasteiger partial charge in [-0.3, -0.25) is 9.59 Å². The largest absolute Gasteiger partial charge is 0.459 e. The minimum absolute atomic E-state index is 0.0354. The lowest BCUT2D eigenvalue weighted by Gasteiger charge is -2.14. The van der Waals surface area contributed by atoms with E-state index in [0.29, 0.717) is 12.5 Å². The molecule has 1 unspecified atom stereocenters. The lowest BCUT2D eigenvalue weighted by atomic mass is 10.0. The van der Waals surface area contributed by atoms with Crippen molar-refractivity contribution in [2.24, 2.45) is 5.92 Å². The number of carbonyl (C=O) groups is 2. The fraction of sp³-hybridized carbons (Fsp3) is 0.625. The highest BCUT2D eigenvalue weighted by atomic mass is 16.3. The van der Waals surface area contributed by atoms with E-state index in [-0.39, 0.29) is 30.0 Å². The highest BCUT2D eigenvalue weighted by Crippen LogP contribution is 2.08. The van der Waals surface area contributed by atoms with Crippen LogP contribution in [0.4, 0.5) is 0 Å². The Morgan fingerprint density at radius 2 is 2.00 bits per heavy atom. The van der Waals surface area contributed by atoms with Crippen molar-refractivity contribution in [2.75, 3.05) is 6.54 Å². The molecule has 0 saturated heterocycles. The van der Waals surface area contributed by atoms with Crippen LogP contribution >= 0.6 is 0 Å². The highest BCUT2D eigenvalue weighted by molar-refractivity contribution is 5.91. The maximum Gasteiger partial charge on any atom is 0.286 e. The molecule has 0 aromatic carbocycles. The number of furan rings is 1. The van der Waals surface area contributed by atoms with Crippen molar-refractivity contribution in [3.8, 4) is 0 Å². The third-order valence-corrected chi connectivity index (χ3v) is 3.21. The summed E-state index contributed by atoms with van der Waals surface area (Å²) in [7, 11) is 0. The van der Waals surface area contributed by atoms with Gasteiger partial charge in [0.2, 0.25) is 5.91 Å². The summed E-state index contributed by atoms with van der Waals surface area (Å²) in [6, 6.07) is 3.42. The van der Waals surface area contributed by atoms with Gasteiger partial charge in [0.1, 0.15) is 0 Å². The van der Waals surface area contributed by atoms with Crippen LogP contribution in [-0.4, -0.2) is 24.4 Å². The topological polar surface area (TPSA) is 71.3 Å².